The van der Waals surface area contributed by atoms with E-state index >= 15 is 0 Å². The molecule has 1 atom stereocenters. The molecule has 1 saturated heterocycles. The highest BCUT2D eigenvalue weighted by Crippen LogP contribution is 2.26. The third-order valence-corrected chi connectivity index (χ3v) is 6.34. The van der Waals surface area contributed by atoms with E-state index in [2.05, 4.69) is 10.3 Å². The minimum absolute atomic E-state index is 0.0319. The Morgan fingerprint density at radius 2 is 1.83 bits per heavy atom. The maximum atomic E-state index is 12.9. The average Bonchev–Trinajstić information content (AvgIpc) is 3.22. The number of para-hydroxylation sites is 1. The number of hydrogen-bond donors (Lipinski definition) is 2. The van der Waals surface area contributed by atoms with Crippen LogP contribution in [0.3, 0.4) is 0 Å². The van der Waals surface area contributed by atoms with Gasteiger partial charge in [-0.3, -0.25) is 9.59 Å². The molecule has 1 aliphatic heterocycles. The number of likely N-dealkylation sites (tertiary alicyclic amines) is 1. The highest BCUT2D eigenvalue weighted by Gasteiger charge is 2.30. The molecule has 2 N–H and O–H groups in total. The number of nitrogens with zero attached hydrogens (tertiary/aromatic N) is 1. The maximum Gasteiger partial charge on any atom is 0.270 e. The van der Waals surface area contributed by atoms with Crippen molar-refractivity contribution in [2.24, 2.45) is 11.8 Å². The third kappa shape index (κ3) is 4.51. The Kier molecular flexibility index (Phi) is 6.09. The van der Waals surface area contributed by atoms with Crippen LogP contribution < -0.4 is 5.32 Å². The number of H-pyrrole nitrogens is 1. The second kappa shape index (κ2) is 8.92. The van der Waals surface area contributed by atoms with Gasteiger partial charge in [0.15, 0.2) is 0 Å². The first-order valence-electron chi connectivity index (χ1n) is 10.4. The monoisotopic (exact) mass is 423 g/mol. The van der Waals surface area contributed by atoms with Crippen molar-refractivity contribution in [3.05, 3.63) is 70.9 Å². The smallest absolute Gasteiger partial charge is 0.270 e. The Morgan fingerprint density at radius 3 is 2.53 bits per heavy atom. The number of piperidine rings is 1. The second-order valence-electron chi connectivity index (χ2n) is 8.03. The summed E-state index contributed by atoms with van der Waals surface area (Å²) in [5.41, 5.74) is 2.63. The van der Waals surface area contributed by atoms with Gasteiger partial charge in [-0.05, 0) is 48.6 Å². The minimum Gasteiger partial charge on any atom is -0.352 e. The molecular formula is C24H26ClN3O2. The fourth-order valence-electron chi connectivity index (χ4n) is 4.13. The summed E-state index contributed by atoms with van der Waals surface area (Å²) in [5.74, 6) is 0.291. The molecule has 1 fully saturated rings. The normalized spacial score (nSPS) is 15.9. The number of carbonyl (C=O) groups is 2. The van der Waals surface area contributed by atoms with Gasteiger partial charge in [0.2, 0.25) is 5.91 Å². The molecule has 5 nitrogen and oxygen atoms in total. The van der Waals surface area contributed by atoms with Crippen molar-refractivity contribution >= 4 is 34.3 Å². The molecule has 2 heterocycles. The molecule has 0 bridgehead atoms. The summed E-state index contributed by atoms with van der Waals surface area (Å²) in [6.07, 6.45) is 1.67. The number of benzene rings is 2. The van der Waals surface area contributed by atoms with E-state index in [0.717, 1.165) is 29.3 Å². The number of hydrogen-bond acceptors (Lipinski definition) is 2. The highest BCUT2D eigenvalue weighted by molar-refractivity contribution is 6.30. The van der Waals surface area contributed by atoms with Crippen LogP contribution in [0.5, 0.6) is 0 Å². The van der Waals surface area contributed by atoms with Crippen molar-refractivity contribution in [2.75, 3.05) is 13.1 Å². The summed E-state index contributed by atoms with van der Waals surface area (Å²) in [4.78, 5) is 30.6. The Morgan fingerprint density at radius 1 is 1.13 bits per heavy atom. The molecule has 4 rings (SSSR count). The maximum absolute atomic E-state index is 12.9. The molecule has 0 unspecified atom stereocenters. The van der Waals surface area contributed by atoms with Gasteiger partial charge in [-0.2, -0.15) is 0 Å². The van der Waals surface area contributed by atoms with Crippen LogP contribution >= 0.6 is 11.6 Å². The second-order valence-corrected chi connectivity index (χ2v) is 8.47. The van der Waals surface area contributed by atoms with Crippen molar-refractivity contribution in [1.82, 2.24) is 15.2 Å². The molecule has 3 aromatic rings. The van der Waals surface area contributed by atoms with Crippen LogP contribution in [0, 0.1) is 11.8 Å². The number of carbonyl (C=O) groups excluding carboxylic acids is 2. The summed E-state index contributed by atoms with van der Waals surface area (Å²) in [7, 11) is 0. The first-order chi connectivity index (χ1) is 14.5. The van der Waals surface area contributed by atoms with Crippen LogP contribution in [0.25, 0.3) is 10.9 Å². The lowest BCUT2D eigenvalue weighted by atomic mass is 9.84. The number of halogens is 1. The molecule has 1 aromatic heterocycles. The van der Waals surface area contributed by atoms with E-state index in [1.54, 1.807) is 0 Å². The number of rotatable bonds is 5. The van der Waals surface area contributed by atoms with Crippen LogP contribution in [-0.2, 0) is 11.3 Å². The molecule has 1 aliphatic rings. The first kappa shape index (κ1) is 20.5. The van der Waals surface area contributed by atoms with Crippen LogP contribution in [-0.4, -0.2) is 34.8 Å². The summed E-state index contributed by atoms with van der Waals surface area (Å²) in [6.45, 7) is 3.83. The predicted molar refractivity (Wildman–Crippen MR) is 119 cm³/mol. The van der Waals surface area contributed by atoms with Gasteiger partial charge in [-0.25, -0.2) is 0 Å². The molecular weight excluding hydrogens is 398 g/mol. The third-order valence-electron chi connectivity index (χ3n) is 6.09. The molecule has 0 aliphatic carbocycles. The SMILES string of the molecule is C[C@H](C(=O)NCc1ccc(Cl)cc1)C1CCN(C(=O)c2cc3ccccc3[nH]2)CC1. The molecule has 0 saturated carbocycles. The molecule has 156 valence electrons. The zero-order chi connectivity index (χ0) is 21.1. The van der Waals surface area contributed by atoms with E-state index in [9.17, 15) is 9.59 Å². The molecule has 0 radical (unpaired) electrons. The Bertz CT molecular complexity index is 1000. The molecule has 2 amide bonds. The van der Waals surface area contributed by atoms with E-state index in [1.165, 1.54) is 0 Å². The first-order valence-corrected chi connectivity index (χ1v) is 10.8. The van der Waals surface area contributed by atoms with Gasteiger partial charge in [-0.15, -0.1) is 0 Å². The van der Waals surface area contributed by atoms with Crippen molar-refractivity contribution < 1.29 is 9.59 Å². The number of fused-ring (bicyclic) bond motifs is 1. The van der Waals surface area contributed by atoms with Gasteiger partial charge in [0.25, 0.3) is 5.91 Å². The fraction of sp³-hybridized carbons (Fsp3) is 0.333. The molecule has 6 heteroatoms. The van der Waals surface area contributed by atoms with Crippen LogP contribution in [0.2, 0.25) is 5.02 Å². The van der Waals surface area contributed by atoms with Gasteiger partial charge in [0.05, 0.1) is 0 Å². The molecule has 2 aromatic carbocycles. The number of amides is 2. The average molecular weight is 424 g/mol. The molecule has 0 spiro atoms. The highest BCUT2D eigenvalue weighted by atomic mass is 35.5. The molecule has 30 heavy (non-hydrogen) atoms. The Labute approximate surface area is 181 Å². The summed E-state index contributed by atoms with van der Waals surface area (Å²) in [6, 6.07) is 17.3. The zero-order valence-corrected chi connectivity index (χ0v) is 17.8. The van der Waals surface area contributed by atoms with E-state index in [4.69, 9.17) is 11.6 Å². The van der Waals surface area contributed by atoms with Gasteiger partial charge < -0.3 is 15.2 Å². The summed E-state index contributed by atoms with van der Waals surface area (Å²) < 4.78 is 0. The lowest BCUT2D eigenvalue weighted by Crippen LogP contribution is -2.42. The standard InChI is InChI=1S/C24H26ClN3O2/c1-16(23(29)26-15-17-6-8-20(25)9-7-17)18-10-12-28(13-11-18)24(30)22-14-19-4-2-3-5-21(19)27-22/h2-9,14,16,18,27H,10-13,15H2,1H3,(H,26,29)/t16-/m0/s1. The lowest BCUT2D eigenvalue weighted by Gasteiger charge is -2.34. The van der Waals surface area contributed by atoms with Crippen LogP contribution in [0.15, 0.2) is 54.6 Å². The van der Waals surface area contributed by atoms with Crippen molar-refractivity contribution in [3.8, 4) is 0 Å². The lowest BCUT2D eigenvalue weighted by molar-refractivity contribution is -0.126. The van der Waals surface area contributed by atoms with Gasteiger partial charge in [0.1, 0.15) is 5.69 Å². The van der Waals surface area contributed by atoms with Gasteiger partial charge in [0, 0.05) is 41.5 Å². The zero-order valence-electron chi connectivity index (χ0n) is 17.0. The van der Waals surface area contributed by atoms with E-state index in [-0.39, 0.29) is 23.7 Å². The van der Waals surface area contributed by atoms with Gasteiger partial charge in [-0.1, -0.05) is 48.9 Å². The van der Waals surface area contributed by atoms with Crippen molar-refractivity contribution in [1.29, 1.82) is 0 Å². The Hall–Kier alpha value is -2.79. The van der Waals surface area contributed by atoms with Crippen molar-refractivity contribution in [2.45, 2.75) is 26.3 Å². The number of nitrogens with one attached hydrogen (secondary N) is 2. The summed E-state index contributed by atoms with van der Waals surface area (Å²) >= 11 is 5.90. The van der Waals surface area contributed by atoms with E-state index in [1.807, 2.05) is 66.4 Å². The minimum atomic E-state index is -0.0809. The number of aromatic nitrogens is 1. The van der Waals surface area contributed by atoms with E-state index < -0.39 is 0 Å². The quantitative estimate of drug-likeness (QED) is 0.628. The van der Waals surface area contributed by atoms with Crippen molar-refractivity contribution in [3.63, 3.8) is 0 Å². The van der Waals surface area contributed by atoms with Gasteiger partial charge >= 0.3 is 0 Å². The largest absolute Gasteiger partial charge is 0.352 e. The fourth-order valence-corrected chi connectivity index (χ4v) is 4.25. The summed E-state index contributed by atoms with van der Waals surface area (Å²) in [5, 5.41) is 4.75. The topological polar surface area (TPSA) is 65.2 Å². The predicted octanol–water partition coefficient (Wildman–Crippen LogP) is 4.63. The van der Waals surface area contributed by atoms with E-state index in [0.29, 0.717) is 30.4 Å². The van der Waals surface area contributed by atoms with Crippen LogP contribution in [0.1, 0.15) is 35.8 Å². The van der Waals surface area contributed by atoms with Crippen LogP contribution in [0.4, 0.5) is 0 Å². The Balaban J connectivity index is 1.29. The number of aromatic amines is 1.